The number of benzene rings is 14. The van der Waals surface area contributed by atoms with Crippen LogP contribution in [0.25, 0.3) is 188 Å². The normalized spacial score (nSPS) is 12.0. The molecule has 0 radical (unpaired) electrons. The molecule has 398 valence electrons. The van der Waals surface area contributed by atoms with Gasteiger partial charge in [-0.3, -0.25) is 0 Å². The van der Waals surface area contributed by atoms with Gasteiger partial charge in [-0.05, 0) is 130 Å². The predicted octanol–water partition coefficient (Wildman–Crippen LogP) is 20.4. The Morgan fingerprint density at radius 3 is 1.09 bits per heavy atom. The molecule has 8 heteroatoms. The predicted molar refractivity (Wildman–Crippen MR) is 351 cm³/mol. The van der Waals surface area contributed by atoms with E-state index in [9.17, 15) is 0 Å². The second-order valence-electron chi connectivity index (χ2n) is 22.1. The van der Waals surface area contributed by atoms with Crippen LogP contribution in [0.5, 0.6) is 0 Å². The van der Waals surface area contributed by atoms with E-state index in [0.29, 0.717) is 34.9 Å². The number of para-hydroxylation sites is 2. The minimum absolute atomic E-state index is 0.583. The van der Waals surface area contributed by atoms with E-state index in [1.807, 2.05) is 24.3 Å². The van der Waals surface area contributed by atoms with Crippen molar-refractivity contribution >= 4 is 109 Å². The van der Waals surface area contributed by atoms with Crippen LogP contribution in [-0.4, -0.2) is 29.9 Å². The maximum Gasteiger partial charge on any atom is 0.164 e. The molecule has 0 aliphatic heterocycles. The highest BCUT2D eigenvalue weighted by Gasteiger charge is 2.21. The maximum absolute atomic E-state index is 6.42. The van der Waals surface area contributed by atoms with Gasteiger partial charge in [0.1, 0.15) is 22.3 Å². The van der Waals surface area contributed by atoms with Gasteiger partial charge in [-0.2, -0.15) is 0 Å². The van der Waals surface area contributed by atoms with E-state index in [0.717, 1.165) is 153 Å². The van der Waals surface area contributed by atoms with Gasteiger partial charge < -0.3 is 8.83 Å². The van der Waals surface area contributed by atoms with Crippen LogP contribution >= 0.6 is 0 Å². The van der Waals surface area contributed by atoms with Crippen LogP contribution in [0, 0.1) is 0 Å². The fourth-order valence-electron chi connectivity index (χ4n) is 13.0. The van der Waals surface area contributed by atoms with Crippen LogP contribution in [0.1, 0.15) is 0 Å². The molecule has 0 aliphatic carbocycles. The fourth-order valence-corrected chi connectivity index (χ4v) is 13.0. The Kier molecular flexibility index (Phi) is 10.5. The van der Waals surface area contributed by atoms with Crippen molar-refractivity contribution < 1.29 is 8.83 Å². The Morgan fingerprint density at radius 1 is 0.174 bits per heavy atom. The second kappa shape index (κ2) is 18.9. The van der Waals surface area contributed by atoms with Gasteiger partial charge in [0.2, 0.25) is 0 Å². The minimum atomic E-state index is 0.583. The van der Waals surface area contributed by atoms with Crippen molar-refractivity contribution in [3.05, 3.63) is 267 Å². The first-order valence-corrected chi connectivity index (χ1v) is 28.8. The quantitative estimate of drug-likeness (QED) is 0.155. The van der Waals surface area contributed by atoms with Crippen molar-refractivity contribution in [1.29, 1.82) is 0 Å². The molecule has 18 rings (SSSR count). The minimum Gasteiger partial charge on any atom is -0.456 e. The number of rotatable bonds is 7. The molecule has 0 bridgehead atoms. The average molecular weight is 1100 g/mol. The molecule has 14 aromatic carbocycles. The number of aromatic nitrogens is 6. The SMILES string of the molecule is c1cc(-c2ccc3c(-c4nc(-c5ccc6cc7c(cc6c5)oc5ccccc57)nc(-c5cccc6ccccc56)n4)cccc3c2)c2ccc(-c3nc(-c4cccc5ccccc45)nc(-c4cccc5cc6c(cc45)oc4ccccc46)n3)cc2c1. The first-order valence-electron chi connectivity index (χ1n) is 28.8. The zero-order chi connectivity index (χ0) is 56.4. The number of nitrogens with zero attached hydrogens (tertiary/aromatic N) is 6. The number of fused-ring (bicyclic) bond motifs is 12. The van der Waals surface area contributed by atoms with Crippen molar-refractivity contribution in [3.63, 3.8) is 0 Å². The van der Waals surface area contributed by atoms with Crippen LogP contribution in [0.2, 0.25) is 0 Å². The highest BCUT2D eigenvalue weighted by atomic mass is 16.3. The molecule has 0 atom stereocenters. The summed E-state index contributed by atoms with van der Waals surface area (Å²) in [5.41, 5.74) is 11.0. The van der Waals surface area contributed by atoms with Crippen molar-refractivity contribution in [2.75, 3.05) is 0 Å². The van der Waals surface area contributed by atoms with E-state index in [1.54, 1.807) is 0 Å². The Morgan fingerprint density at radius 2 is 0.535 bits per heavy atom. The van der Waals surface area contributed by atoms with Crippen LogP contribution < -0.4 is 0 Å². The summed E-state index contributed by atoms with van der Waals surface area (Å²) in [6, 6.07) is 93.3. The second-order valence-corrected chi connectivity index (χ2v) is 22.1. The van der Waals surface area contributed by atoms with Crippen molar-refractivity contribution in [1.82, 2.24) is 29.9 Å². The molecule has 4 heterocycles. The van der Waals surface area contributed by atoms with Crippen molar-refractivity contribution in [2.24, 2.45) is 0 Å². The van der Waals surface area contributed by atoms with Gasteiger partial charge in [-0.25, -0.2) is 29.9 Å². The van der Waals surface area contributed by atoms with E-state index < -0.39 is 0 Å². The zero-order valence-electron chi connectivity index (χ0n) is 45.9. The summed E-state index contributed by atoms with van der Waals surface area (Å²) < 4.78 is 12.8. The molecule has 0 saturated carbocycles. The molecule has 86 heavy (non-hydrogen) atoms. The van der Waals surface area contributed by atoms with Crippen LogP contribution in [-0.2, 0) is 0 Å². The molecular weight excluding hydrogens is 1050 g/mol. The van der Waals surface area contributed by atoms with E-state index in [4.69, 9.17) is 38.7 Å². The first kappa shape index (κ1) is 47.9. The van der Waals surface area contributed by atoms with E-state index in [2.05, 4.69) is 243 Å². The fraction of sp³-hybridized carbons (Fsp3) is 0. The first-order chi connectivity index (χ1) is 42.5. The van der Waals surface area contributed by atoms with Gasteiger partial charge in [0.25, 0.3) is 0 Å². The lowest BCUT2D eigenvalue weighted by molar-refractivity contribution is 0.669. The van der Waals surface area contributed by atoms with Crippen LogP contribution in [0.4, 0.5) is 0 Å². The molecule has 0 N–H and O–H groups in total. The standard InChI is InChI=1S/C78H44N6O2/c1-3-21-55-45(14-1)16-9-26-62(55)75-79-73(52-33-32-47-41-67-60-23-5-7-30-69(60)85-71(67)43-54(47)40-52)80-77(83-75)64-28-12-19-48-38-51(34-36-59(48)64)57-25-11-18-49-39-53(35-37-58(49)57)74-81-76(63-27-10-17-46-15-2-4-22-56(46)63)84-78(82-74)65-29-13-20-50-42-68-61-24-6-8-31-70(61)86-72(68)44-66(50)65/h1-44H. The summed E-state index contributed by atoms with van der Waals surface area (Å²) in [7, 11) is 0. The van der Waals surface area contributed by atoms with Gasteiger partial charge in [0, 0.05) is 54.9 Å². The van der Waals surface area contributed by atoms with Crippen LogP contribution in [0.3, 0.4) is 0 Å². The molecule has 18 aromatic rings. The third kappa shape index (κ3) is 7.77. The smallest absolute Gasteiger partial charge is 0.164 e. The third-order valence-electron chi connectivity index (χ3n) is 17.1. The summed E-state index contributed by atoms with van der Waals surface area (Å²) in [6.45, 7) is 0. The summed E-state index contributed by atoms with van der Waals surface area (Å²) in [5.74, 6) is 3.56. The molecular formula is C78H44N6O2. The summed E-state index contributed by atoms with van der Waals surface area (Å²) in [5, 5.41) is 17.2. The summed E-state index contributed by atoms with van der Waals surface area (Å²) >= 11 is 0. The monoisotopic (exact) mass is 1100 g/mol. The molecule has 0 saturated heterocycles. The lowest BCUT2D eigenvalue weighted by atomic mass is 9.94. The number of hydrogen-bond acceptors (Lipinski definition) is 8. The Bertz CT molecular complexity index is 5870. The van der Waals surface area contributed by atoms with Gasteiger partial charge in [-0.1, -0.05) is 212 Å². The largest absolute Gasteiger partial charge is 0.456 e. The molecule has 0 spiro atoms. The van der Waals surface area contributed by atoms with Crippen LogP contribution in [0.15, 0.2) is 276 Å². The van der Waals surface area contributed by atoms with Crippen molar-refractivity contribution in [2.45, 2.75) is 0 Å². The highest BCUT2D eigenvalue weighted by molar-refractivity contribution is 6.13. The lowest BCUT2D eigenvalue weighted by Gasteiger charge is -2.14. The maximum atomic E-state index is 6.42. The van der Waals surface area contributed by atoms with E-state index in [1.165, 1.54) is 0 Å². The molecule has 0 amide bonds. The molecule has 8 nitrogen and oxygen atoms in total. The zero-order valence-corrected chi connectivity index (χ0v) is 45.9. The van der Waals surface area contributed by atoms with Crippen molar-refractivity contribution in [3.8, 4) is 79.5 Å². The summed E-state index contributed by atoms with van der Waals surface area (Å²) in [6.07, 6.45) is 0. The average Bonchev–Trinajstić information content (AvgIpc) is 3.76. The Balaban J connectivity index is 0.746. The van der Waals surface area contributed by atoms with E-state index in [-0.39, 0.29) is 0 Å². The van der Waals surface area contributed by atoms with Gasteiger partial charge in [0.15, 0.2) is 34.9 Å². The van der Waals surface area contributed by atoms with Gasteiger partial charge >= 0.3 is 0 Å². The highest BCUT2D eigenvalue weighted by Crippen LogP contribution is 2.41. The number of furan rings is 2. The molecule has 0 aliphatic rings. The Hall–Kier alpha value is -11.7. The number of hydrogen-bond donors (Lipinski definition) is 0. The molecule has 0 unspecified atom stereocenters. The molecule has 0 fully saturated rings. The van der Waals surface area contributed by atoms with Gasteiger partial charge in [-0.15, -0.1) is 0 Å². The molecule has 4 aromatic heterocycles. The topological polar surface area (TPSA) is 104 Å². The third-order valence-corrected chi connectivity index (χ3v) is 17.1. The van der Waals surface area contributed by atoms with E-state index >= 15 is 0 Å². The van der Waals surface area contributed by atoms with Gasteiger partial charge in [0.05, 0.1) is 0 Å². The Labute approximate surface area is 491 Å². The summed E-state index contributed by atoms with van der Waals surface area (Å²) in [4.78, 5) is 31.8. The lowest BCUT2D eigenvalue weighted by Crippen LogP contribution is -2.01.